The molecule has 2 atom stereocenters. The second kappa shape index (κ2) is 11.7. The third-order valence-corrected chi connectivity index (χ3v) is 8.07. The summed E-state index contributed by atoms with van der Waals surface area (Å²) in [5.41, 5.74) is 3.20. The number of piperidine rings is 1. The Hall–Kier alpha value is -4.60. The molecule has 1 saturated heterocycles. The highest BCUT2D eigenvalue weighted by atomic mass is 19.1. The van der Waals surface area contributed by atoms with Crippen LogP contribution in [-0.4, -0.2) is 61.6 Å². The van der Waals surface area contributed by atoms with E-state index in [4.69, 9.17) is 14.2 Å². The highest BCUT2D eigenvalue weighted by molar-refractivity contribution is 5.95. The summed E-state index contributed by atoms with van der Waals surface area (Å²) >= 11 is 0. The number of amides is 3. The fraction of sp³-hybridized carbons (Fsp3) is 0.344. The fourth-order valence-corrected chi connectivity index (χ4v) is 5.95. The summed E-state index contributed by atoms with van der Waals surface area (Å²) in [6.45, 7) is 0.443. The van der Waals surface area contributed by atoms with Gasteiger partial charge in [-0.2, -0.15) is 0 Å². The van der Waals surface area contributed by atoms with E-state index in [0.717, 1.165) is 0 Å². The number of nitrogens with one attached hydrogen (secondary N) is 2. The minimum atomic E-state index is -0.565. The van der Waals surface area contributed by atoms with Crippen LogP contribution in [-0.2, 0) is 29.0 Å². The topological polar surface area (TPSA) is 106 Å². The number of methoxy groups -OCH3 is 1. The molecule has 10 heteroatoms. The molecule has 0 spiro atoms. The van der Waals surface area contributed by atoms with Crippen LogP contribution in [0.25, 0.3) is 0 Å². The lowest BCUT2D eigenvalue weighted by Gasteiger charge is -2.39. The molecule has 0 aromatic heterocycles. The van der Waals surface area contributed by atoms with E-state index in [1.807, 2.05) is 12.1 Å². The summed E-state index contributed by atoms with van der Waals surface area (Å²) in [5.74, 6) is -0.558. The molecule has 1 aliphatic carbocycles. The molecule has 2 N–H and O–H groups in total. The number of hydrogen-bond donors (Lipinski definition) is 2. The van der Waals surface area contributed by atoms with Gasteiger partial charge in [0.05, 0.1) is 13.2 Å². The van der Waals surface area contributed by atoms with Crippen LogP contribution in [0.15, 0.2) is 60.7 Å². The van der Waals surface area contributed by atoms with E-state index in [1.54, 1.807) is 23.1 Å². The number of benzene rings is 3. The van der Waals surface area contributed by atoms with E-state index in [-0.39, 0.29) is 43.0 Å². The first-order valence-corrected chi connectivity index (χ1v) is 14.1. The standard InChI is InChI=1S/C32H32FN3O6/c1-40-28-7-6-22-14-29(28)41-18-30(37)34-16-19-10-24(33)15-25(11-19)42-27-8-9-36(17-26(27)35-31(22)38)32(39)23-12-20-4-2-3-5-21(20)13-23/h2-7,10-11,14-15,23,26-27H,8-9,12-13,16-18H2,1H3,(H,34,37)(H,35,38)/t26-,27+/m0/s1. The third kappa shape index (κ3) is 5.88. The van der Waals surface area contributed by atoms with E-state index in [0.29, 0.717) is 42.7 Å². The molecular formula is C32H32FN3O6. The molecular weight excluding hydrogens is 541 g/mol. The largest absolute Gasteiger partial charge is 0.493 e. The van der Waals surface area contributed by atoms with Crippen molar-refractivity contribution >= 4 is 17.7 Å². The molecule has 3 amide bonds. The van der Waals surface area contributed by atoms with Crippen LogP contribution in [0.4, 0.5) is 4.39 Å². The second-order valence-corrected chi connectivity index (χ2v) is 10.9. The van der Waals surface area contributed by atoms with Crippen molar-refractivity contribution in [1.29, 1.82) is 0 Å². The molecule has 9 nitrogen and oxygen atoms in total. The van der Waals surface area contributed by atoms with Gasteiger partial charge >= 0.3 is 0 Å². The molecule has 2 aliphatic heterocycles. The van der Waals surface area contributed by atoms with Crippen LogP contribution < -0.4 is 24.8 Å². The molecule has 0 unspecified atom stereocenters. The van der Waals surface area contributed by atoms with Crippen LogP contribution in [0.2, 0.25) is 0 Å². The quantitative estimate of drug-likeness (QED) is 0.489. The highest BCUT2D eigenvalue weighted by Gasteiger charge is 2.38. The molecule has 3 aliphatic rings. The number of carbonyl (C=O) groups excluding carboxylic acids is 3. The molecule has 1 fully saturated rings. The zero-order valence-electron chi connectivity index (χ0n) is 23.2. The Kier molecular flexibility index (Phi) is 7.69. The first-order chi connectivity index (χ1) is 20.4. The number of halogens is 1. The minimum absolute atomic E-state index is 0.0509. The Morgan fingerprint density at radius 2 is 1.83 bits per heavy atom. The van der Waals surface area contributed by atoms with E-state index in [2.05, 4.69) is 22.8 Å². The van der Waals surface area contributed by atoms with Gasteiger partial charge in [0.15, 0.2) is 18.1 Å². The van der Waals surface area contributed by atoms with E-state index in [1.165, 1.54) is 36.4 Å². The summed E-state index contributed by atoms with van der Waals surface area (Å²) in [6, 6.07) is 16.5. The summed E-state index contributed by atoms with van der Waals surface area (Å²) in [5, 5.41) is 5.76. The predicted octanol–water partition coefficient (Wildman–Crippen LogP) is 3.04. The fourth-order valence-electron chi connectivity index (χ4n) is 5.95. The van der Waals surface area contributed by atoms with Crippen molar-refractivity contribution in [2.75, 3.05) is 26.8 Å². The molecule has 3 aromatic rings. The number of ether oxygens (including phenoxy) is 3. The molecule has 0 saturated carbocycles. The zero-order chi connectivity index (χ0) is 29.2. The van der Waals surface area contributed by atoms with Crippen molar-refractivity contribution in [3.63, 3.8) is 0 Å². The molecule has 6 rings (SSSR count). The number of nitrogens with zero attached hydrogens (tertiary/aromatic N) is 1. The maximum atomic E-state index is 14.5. The lowest BCUT2D eigenvalue weighted by atomic mass is 9.97. The van der Waals surface area contributed by atoms with Gasteiger partial charge in [-0.3, -0.25) is 14.4 Å². The summed E-state index contributed by atoms with van der Waals surface area (Å²) in [4.78, 5) is 41.4. The van der Waals surface area contributed by atoms with Gasteiger partial charge < -0.3 is 29.7 Å². The van der Waals surface area contributed by atoms with Gasteiger partial charge in [0.1, 0.15) is 17.7 Å². The van der Waals surface area contributed by atoms with Crippen molar-refractivity contribution in [2.45, 2.75) is 38.0 Å². The Morgan fingerprint density at radius 3 is 2.60 bits per heavy atom. The van der Waals surface area contributed by atoms with Gasteiger partial charge in [-0.1, -0.05) is 24.3 Å². The Balaban J connectivity index is 1.28. The van der Waals surface area contributed by atoms with Crippen molar-refractivity contribution < 1.29 is 33.0 Å². The summed E-state index contributed by atoms with van der Waals surface area (Å²) in [7, 11) is 1.47. The monoisotopic (exact) mass is 573 g/mol. The minimum Gasteiger partial charge on any atom is -0.493 e. The average molecular weight is 574 g/mol. The first-order valence-electron chi connectivity index (χ1n) is 14.1. The van der Waals surface area contributed by atoms with Crippen LogP contribution in [0.3, 0.4) is 0 Å². The smallest absolute Gasteiger partial charge is 0.258 e. The normalized spacial score (nSPS) is 20.8. The van der Waals surface area contributed by atoms with Gasteiger partial charge in [-0.15, -0.1) is 0 Å². The number of fused-ring (bicyclic) bond motifs is 6. The van der Waals surface area contributed by atoms with Crippen molar-refractivity contribution in [3.8, 4) is 17.2 Å². The molecule has 0 radical (unpaired) electrons. The third-order valence-electron chi connectivity index (χ3n) is 8.07. The number of rotatable bonds is 2. The number of hydrogen-bond acceptors (Lipinski definition) is 6. The zero-order valence-corrected chi connectivity index (χ0v) is 23.2. The molecule has 218 valence electrons. The van der Waals surface area contributed by atoms with Crippen molar-refractivity contribution in [1.82, 2.24) is 15.5 Å². The van der Waals surface area contributed by atoms with E-state index < -0.39 is 29.8 Å². The molecule has 2 heterocycles. The van der Waals surface area contributed by atoms with Crippen LogP contribution in [0.1, 0.15) is 33.5 Å². The maximum absolute atomic E-state index is 14.5. The maximum Gasteiger partial charge on any atom is 0.258 e. The van der Waals surface area contributed by atoms with Crippen LogP contribution >= 0.6 is 0 Å². The summed E-state index contributed by atoms with van der Waals surface area (Å²) in [6.07, 6.45) is 1.31. The Bertz CT molecular complexity index is 1500. The first kappa shape index (κ1) is 27.6. The lowest BCUT2D eigenvalue weighted by Crippen LogP contribution is -2.58. The molecule has 4 bridgehead atoms. The van der Waals surface area contributed by atoms with Crippen molar-refractivity contribution in [2.24, 2.45) is 5.92 Å². The predicted molar refractivity (Wildman–Crippen MR) is 151 cm³/mol. The second-order valence-electron chi connectivity index (χ2n) is 10.9. The molecule has 42 heavy (non-hydrogen) atoms. The Labute approximate surface area is 242 Å². The van der Waals surface area contributed by atoms with Gasteiger partial charge in [0.25, 0.3) is 11.8 Å². The van der Waals surface area contributed by atoms with Gasteiger partial charge in [-0.25, -0.2) is 4.39 Å². The van der Waals surface area contributed by atoms with Gasteiger partial charge in [-0.05, 0) is 59.9 Å². The number of likely N-dealkylation sites (tertiary alicyclic amines) is 1. The van der Waals surface area contributed by atoms with E-state index in [9.17, 15) is 18.8 Å². The Morgan fingerprint density at radius 1 is 1.05 bits per heavy atom. The highest BCUT2D eigenvalue weighted by Crippen LogP contribution is 2.31. The lowest BCUT2D eigenvalue weighted by molar-refractivity contribution is -0.137. The molecule has 3 aromatic carbocycles. The van der Waals surface area contributed by atoms with Crippen LogP contribution in [0, 0.1) is 11.7 Å². The average Bonchev–Trinajstić information content (AvgIpc) is 3.43. The van der Waals surface area contributed by atoms with Crippen molar-refractivity contribution in [3.05, 3.63) is 88.7 Å². The number of carbonyl (C=O) groups is 3. The van der Waals surface area contributed by atoms with Gasteiger partial charge in [0, 0.05) is 43.6 Å². The summed E-state index contributed by atoms with van der Waals surface area (Å²) < 4.78 is 31.8. The van der Waals surface area contributed by atoms with Gasteiger partial charge in [0.2, 0.25) is 5.91 Å². The van der Waals surface area contributed by atoms with Crippen LogP contribution in [0.5, 0.6) is 17.2 Å². The SMILES string of the molecule is COc1ccc2cc1OCC(=O)NCc1cc(F)cc(c1)O[C@@H]1CCN(C(=O)C3Cc4ccccc4C3)C[C@@H]1NC2=O. The van der Waals surface area contributed by atoms with E-state index >= 15 is 0 Å².